The number of benzene rings is 3. The summed E-state index contributed by atoms with van der Waals surface area (Å²) in [5.74, 6) is -0.761. The second kappa shape index (κ2) is 9.33. The number of halogens is 1. The number of esters is 1. The quantitative estimate of drug-likeness (QED) is 0.246. The van der Waals surface area contributed by atoms with Gasteiger partial charge in [-0.2, -0.15) is 0 Å². The third-order valence-electron chi connectivity index (χ3n) is 5.29. The van der Waals surface area contributed by atoms with Gasteiger partial charge in [-0.1, -0.05) is 72.6 Å². The van der Waals surface area contributed by atoms with Gasteiger partial charge in [-0.15, -0.1) is 0 Å². The molecule has 0 aliphatic heterocycles. The molecule has 32 heavy (non-hydrogen) atoms. The van der Waals surface area contributed by atoms with Crippen LogP contribution in [-0.4, -0.2) is 22.8 Å². The van der Waals surface area contributed by atoms with Crippen molar-refractivity contribution in [3.05, 3.63) is 101 Å². The summed E-state index contributed by atoms with van der Waals surface area (Å²) < 4.78 is 5.72. The Balaban J connectivity index is 1.74. The second-order valence-electron chi connectivity index (χ2n) is 7.62. The molecule has 0 unspecified atom stereocenters. The maximum atomic E-state index is 13.3. The molecule has 160 valence electrons. The lowest BCUT2D eigenvalue weighted by Gasteiger charge is -2.17. The SMILES string of the molecule is CC[C@H](OC(=O)c1cc(-c2ccc(Cl)cc2)nc2ccc(C)cc12)C(=O)c1ccccc1. The van der Waals surface area contributed by atoms with Gasteiger partial charge < -0.3 is 4.74 Å². The highest BCUT2D eigenvalue weighted by Gasteiger charge is 2.25. The third-order valence-corrected chi connectivity index (χ3v) is 5.55. The molecule has 5 heteroatoms. The minimum atomic E-state index is -0.864. The fraction of sp³-hybridized carbons (Fsp3) is 0.148. The number of aryl methyl sites for hydroxylation is 1. The summed E-state index contributed by atoms with van der Waals surface area (Å²) in [6.07, 6.45) is -0.483. The van der Waals surface area contributed by atoms with E-state index in [1.54, 1.807) is 42.5 Å². The van der Waals surface area contributed by atoms with Crippen LogP contribution in [0.2, 0.25) is 5.02 Å². The van der Waals surface area contributed by atoms with Crippen LogP contribution in [0.1, 0.15) is 39.6 Å². The molecule has 3 aromatic carbocycles. The topological polar surface area (TPSA) is 56.3 Å². The van der Waals surface area contributed by atoms with Crippen molar-refractivity contribution in [2.45, 2.75) is 26.4 Å². The number of carbonyl (C=O) groups is 2. The number of Topliss-reactive ketones (excluding diaryl/α,β-unsaturated/α-hetero) is 1. The van der Waals surface area contributed by atoms with Gasteiger partial charge in [0.25, 0.3) is 0 Å². The molecule has 0 aliphatic carbocycles. The molecule has 0 N–H and O–H groups in total. The molecule has 1 aromatic heterocycles. The minimum Gasteiger partial charge on any atom is -0.450 e. The Morgan fingerprint density at radius 1 is 0.969 bits per heavy atom. The Hall–Kier alpha value is -3.50. The van der Waals surface area contributed by atoms with E-state index in [4.69, 9.17) is 21.3 Å². The smallest absolute Gasteiger partial charge is 0.339 e. The van der Waals surface area contributed by atoms with Gasteiger partial charge in [0.2, 0.25) is 5.78 Å². The van der Waals surface area contributed by atoms with Gasteiger partial charge in [0.1, 0.15) is 0 Å². The van der Waals surface area contributed by atoms with E-state index in [0.29, 0.717) is 39.2 Å². The number of carbonyl (C=O) groups excluding carboxylic acids is 2. The number of ketones is 1. The Morgan fingerprint density at radius 2 is 1.69 bits per heavy atom. The van der Waals surface area contributed by atoms with Gasteiger partial charge in [0.15, 0.2) is 6.10 Å². The molecule has 0 saturated carbocycles. The molecule has 0 aliphatic rings. The lowest BCUT2D eigenvalue weighted by Crippen LogP contribution is -2.27. The van der Waals surface area contributed by atoms with Crippen molar-refractivity contribution in [2.24, 2.45) is 0 Å². The van der Waals surface area contributed by atoms with E-state index in [1.807, 2.05) is 50.2 Å². The van der Waals surface area contributed by atoms with Crippen LogP contribution in [0.15, 0.2) is 78.9 Å². The van der Waals surface area contributed by atoms with E-state index < -0.39 is 12.1 Å². The predicted octanol–water partition coefficient (Wildman–Crippen LogP) is 6.68. The molecule has 0 saturated heterocycles. The van der Waals surface area contributed by atoms with Gasteiger partial charge in [-0.3, -0.25) is 4.79 Å². The zero-order valence-corrected chi connectivity index (χ0v) is 18.6. The van der Waals surface area contributed by atoms with E-state index in [-0.39, 0.29) is 5.78 Å². The van der Waals surface area contributed by atoms with Gasteiger partial charge in [0.05, 0.1) is 16.8 Å². The number of hydrogen-bond acceptors (Lipinski definition) is 4. The summed E-state index contributed by atoms with van der Waals surface area (Å²) in [6.45, 7) is 3.78. The maximum absolute atomic E-state index is 13.3. The fourth-order valence-corrected chi connectivity index (χ4v) is 3.71. The van der Waals surface area contributed by atoms with Crippen molar-refractivity contribution in [2.75, 3.05) is 0 Å². The van der Waals surface area contributed by atoms with Gasteiger partial charge >= 0.3 is 5.97 Å². The molecule has 4 aromatic rings. The molecule has 4 nitrogen and oxygen atoms in total. The van der Waals surface area contributed by atoms with E-state index >= 15 is 0 Å². The molecule has 0 radical (unpaired) electrons. The van der Waals surface area contributed by atoms with Crippen LogP contribution in [0.25, 0.3) is 22.2 Å². The molecular weight excluding hydrogens is 422 g/mol. The number of hydrogen-bond donors (Lipinski definition) is 0. The highest BCUT2D eigenvalue weighted by atomic mass is 35.5. The van der Waals surface area contributed by atoms with Gasteiger partial charge in [-0.25, -0.2) is 9.78 Å². The van der Waals surface area contributed by atoms with Crippen molar-refractivity contribution in [3.8, 4) is 11.3 Å². The molecule has 0 amide bonds. The average molecular weight is 444 g/mol. The van der Waals surface area contributed by atoms with E-state index in [2.05, 4.69) is 0 Å². The highest BCUT2D eigenvalue weighted by Crippen LogP contribution is 2.28. The zero-order chi connectivity index (χ0) is 22.7. The number of nitrogens with zero attached hydrogens (tertiary/aromatic N) is 1. The van der Waals surface area contributed by atoms with Crippen LogP contribution >= 0.6 is 11.6 Å². The fourth-order valence-electron chi connectivity index (χ4n) is 3.58. The Morgan fingerprint density at radius 3 is 2.38 bits per heavy atom. The summed E-state index contributed by atoms with van der Waals surface area (Å²) in [4.78, 5) is 30.9. The molecular formula is C27H22ClNO3. The first-order valence-corrected chi connectivity index (χ1v) is 10.8. The molecule has 0 fully saturated rings. The second-order valence-corrected chi connectivity index (χ2v) is 8.05. The normalized spacial score (nSPS) is 11.8. The standard InChI is InChI=1S/C27H22ClNO3/c1-3-25(26(30)19-7-5-4-6-8-19)32-27(31)22-16-24(18-10-12-20(28)13-11-18)29-23-14-9-17(2)15-21(22)23/h4-16,25H,3H2,1-2H3/t25-/m0/s1. The summed E-state index contributed by atoms with van der Waals surface area (Å²) in [7, 11) is 0. The van der Waals surface area contributed by atoms with Crippen molar-refractivity contribution >= 4 is 34.3 Å². The Labute approximate surface area is 191 Å². The number of pyridine rings is 1. The Kier molecular flexibility index (Phi) is 6.33. The first kappa shape index (κ1) is 21.7. The average Bonchev–Trinajstić information content (AvgIpc) is 2.82. The molecule has 0 bridgehead atoms. The first-order valence-electron chi connectivity index (χ1n) is 10.4. The summed E-state index contributed by atoms with van der Waals surface area (Å²) >= 11 is 6.02. The van der Waals surface area contributed by atoms with Crippen molar-refractivity contribution in [1.82, 2.24) is 4.98 Å². The molecule has 4 rings (SSSR count). The van der Waals surface area contributed by atoms with Crippen LogP contribution in [-0.2, 0) is 4.74 Å². The summed E-state index contributed by atoms with van der Waals surface area (Å²) in [5.41, 5.74) is 4.04. The first-order chi connectivity index (χ1) is 15.5. The lowest BCUT2D eigenvalue weighted by atomic mass is 10.0. The highest BCUT2D eigenvalue weighted by molar-refractivity contribution is 6.30. The van der Waals surface area contributed by atoms with Crippen molar-refractivity contribution < 1.29 is 14.3 Å². The van der Waals surface area contributed by atoms with E-state index in [1.165, 1.54) is 0 Å². The number of aromatic nitrogens is 1. The maximum Gasteiger partial charge on any atom is 0.339 e. The largest absolute Gasteiger partial charge is 0.450 e. The number of ether oxygens (including phenoxy) is 1. The lowest BCUT2D eigenvalue weighted by molar-refractivity contribution is 0.0279. The van der Waals surface area contributed by atoms with Crippen molar-refractivity contribution in [3.63, 3.8) is 0 Å². The summed E-state index contributed by atoms with van der Waals surface area (Å²) in [6, 6.07) is 23.6. The van der Waals surface area contributed by atoms with Crippen LogP contribution in [0.5, 0.6) is 0 Å². The third kappa shape index (κ3) is 4.56. The van der Waals surface area contributed by atoms with E-state index in [9.17, 15) is 9.59 Å². The Bertz CT molecular complexity index is 1280. The van der Waals surface area contributed by atoms with Crippen LogP contribution in [0.3, 0.4) is 0 Å². The summed E-state index contributed by atoms with van der Waals surface area (Å²) in [5, 5.41) is 1.31. The number of fused-ring (bicyclic) bond motifs is 1. The molecule has 1 heterocycles. The molecule has 0 spiro atoms. The predicted molar refractivity (Wildman–Crippen MR) is 127 cm³/mol. The molecule has 1 atom stereocenters. The van der Waals surface area contributed by atoms with Crippen LogP contribution < -0.4 is 0 Å². The number of rotatable bonds is 6. The minimum absolute atomic E-state index is 0.214. The van der Waals surface area contributed by atoms with Gasteiger partial charge in [0, 0.05) is 21.5 Å². The van der Waals surface area contributed by atoms with E-state index in [0.717, 1.165) is 11.1 Å². The monoisotopic (exact) mass is 443 g/mol. The zero-order valence-electron chi connectivity index (χ0n) is 17.8. The van der Waals surface area contributed by atoms with Crippen LogP contribution in [0, 0.1) is 6.92 Å². The van der Waals surface area contributed by atoms with Crippen LogP contribution in [0.4, 0.5) is 0 Å². The van der Waals surface area contributed by atoms with Crippen molar-refractivity contribution in [1.29, 1.82) is 0 Å². The van der Waals surface area contributed by atoms with Gasteiger partial charge in [-0.05, 0) is 43.7 Å².